The van der Waals surface area contributed by atoms with E-state index in [-0.39, 0.29) is 6.04 Å². The summed E-state index contributed by atoms with van der Waals surface area (Å²) >= 11 is 0. The van der Waals surface area contributed by atoms with Crippen LogP contribution in [0.25, 0.3) is 0 Å². The number of anilines is 1. The molecule has 1 heterocycles. The number of rotatable bonds is 2. The molecule has 1 fully saturated rings. The molecule has 3 rings (SSSR count). The van der Waals surface area contributed by atoms with Gasteiger partial charge in [-0.3, -0.25) is 0 Å². The van der Waals surface area contributed by atoms with E-state index >= 15 is 0 Å². The summed E-state index contributed by atoms with van der Waals surface area (Å²) in [5, 5.41) is 18.8. The van der Waals surface area contributed by atoms with E-state index < -0.39 is 5.54 Å². The lowest BCUT2D eigenvalue weighted by molar-refractivity contribution is 0.978. The maximum atomic E-state index is 9.41. The number of benzene rings is 2. The number of nitrogens with zero attached hydrogens (tertiary/aromatic N) is 3. The summed E-state index contributed by atoms with van der Waals surface area (Å²) in [6, 6.07) is 23.4. The zero-order chi connectivity index (χ0) is 13.3. The van der Waals surface area contributed by atoms with Crippen LogP contribution in [0.2, 0.25) is 0 Å². The minimum atomic E-state index is -1.08. The SMILES string of the molecule is N#CC1(C#N)C(c2ccccc2)N1c1ccccc1. The topological polar surface area (TPSA) is 50.6 Å². The van der Waals surface area contributed by atoms with Crippen molar-refractivity contribution in [3.63, 3.8) is 0 Å². The first-order valence-electron chi connectivity index (χ1n) is 6.05. The highest BCUT2D eigenvalue weighted by Crippen LogP contribution is 2.55. The van der Waals surface area contributed by atoms with Crippen molar-refractivity contribution < 1.29 is 0 Å². The zero-order valence-corrected chi connectivity index (χ0v) is 10.2. The molecule has 1 unspecified atom stereocenters. The first-order chi connectivity index (χ1) is 9.33. The van der Waals surface area contributed by atoms with Crippen molar-refractivity contribution in [1.82, 2.24) is 0 Å². The Kier molecular flexibility index (Phi) is 2.47. The largest absolute Gasteiger partial charge is 0.328 e. The standard InChI is InChI=1S/C16H11N3/c17-11-16(12-18)15(13-7-3-1-4-8-13)19(16)14-9-5-2-6-10-14/h1-10,15H. The van der Waals surface area contributed by atoms with E-state index in [1.165, 1.54) is 0 Å². The third-order valence-electron chi connectivity index (χ3n) is 3.46. The molecule has 0 spiro atoms. The smallest absolute Gasteiger partial charge is 0.240 e. The van der Waals surface area contributed by atoms with Crippen molar-refractivity contribution in [3.8, 4) is 12.1 Å². The van der Waals surface area contributed by atoms with E-state index in [9.17, 15) is 10.5 Å². The highest BCUT2D eigenvalue weighted by atomic mass is 15.4. The molecule has 0 saturated carbocycles. The van der Waals surface area contributed by atoms with Crippen LogP contribution in [0.5, 0.6) is 0 Å². The fourth-order valence-electron chi connectivity index (χ4n) is 2.51. The third-order valence-corrected chi connectivity index (χ3v) is 3.46. The van der Waals surface area contributed by atoms with E-state index in [2.05, 4.69) is 12.1 Å². The van der Waals surface area contributed by atoms with Gasteiger partial charge < -0.3 is 4.90 Å². The highest BCUT2D eigenvalue weighted by Gasteiger charge is 2.65. The van der Waals surface area contributed by atoms with Gasteiger partial charge in [-0.05, 0) is 17.7 Å². The number of hydrogen-bond acceptors (Lipinski definition) is 3. The van der Waals surface area contributed by atoms with Gasteiger partial charge in [0, 0.05) is 5.69 Å². The van der Waals surface area contributed by atoms with E-state index in [4.69, 9.17) is 0 Å². The molecule has 0 N–H and O–H groups in total. The molecule has 1 aliphatic heterocycles. The van der Waals surface area contributed by atoms with Crippen LogP contribution < -0.4 is 4.90 Å². The lowest BCUT2D eigenvalue weighted by atomic mass is 10.0. The molecule has 0 bridgehead atoms. The van der Waals surface area contributed by atoms with Gasteiger partial charge in [0.05, 0.1) is 0 Å². The van der Waals surface area contributed by atoms with Gasteiger partial charge in [-0.2, -0.15) is 10.5 Å². The molecule has 1 saturated heterocycles. The van der Waals surface area contributed by atoms with Crippen molar-refractivity contribution in [2.75, 3.05) is 4.90 Å². The van der Waals surface area contributed by atoms with Crippen molar-refractivity contribution in [2.24, 2.45) is 0 Å². The van der Waals surface area contributed by atoms with E-state index in [0.717, 1.165) is 11.3 Å². The molecule has 0 amide bonds. The minimum absolute atomic E-state index is 0.189. The maximum Gasteiger partial charge on any atom is 0.240 e. The number of hydrogen-bond donors (Lipinski definition) is 0. The summed E-state index contributed by atoms with van der Waals surface area (Å²) in [6.45, 7) is 0. The zero-order valence-electron chi connectivity index (χ0n) is 10.2. The van der Waals surface area contributed by atoms with E-state index in [0.29, 0.717) is 0 Å². The molecule has 19 heavy (non-hydrogen) atoms. The van der Waals surface area contributed by atoms with Crippen LogP contribution in [-0.2, 0) is 0 Å². The van der Waals surface area contributed by atoms with Crippen molar-refractivity contribution in [1.29, 1.82) is 10.5 Å². The molecule has 0 aromatic heterocycles. The fraction of sp³-hybridized carbons (Fsp3) is 0.125. The monoisotopic (exact) mass is 245 g/mol. The third kappa shape index (κ3) is 1.57. The quantitative estimate of drug-likeness (QED) is 0.764. The van der Waals surface area contributed by atoms with Crippen molar-refractivity contribution >= 4 is 5.69 Å². The van der Waals surface area contributed by atoms with Gasteiger partial charge in [0.2, 0.25) is 5.54 Å². The second kappa shape index (κ2) is 4.15. The summed E-state index contributed by atoms with van der Waals surface area (Å²) in [4.78, 5) is 1.86. The van der Waals surface area contributed by atoms with Crippen LogP contribution >= 0.6 is 0 Å². The van der Waals surface area contributed by atoms with Crippen molar-refractivity contribution in [2.45, 2.75) is 11.6 Å². The lowest BCUT2D eigenvalue weighted by Gasteiger charge is -2.04. The molecule has 90 valence electrons. The Labute approximate surface area is 111 Å². The predicted octanol–water partition coefficient (Wildman–Crippen LogP) is 3.03. The van der Waals surface area contributed by atoms with E-state index in [1.54, 1.807) is 0 Å². The summed E-state index contributed by atoms with van der Waals surface area (Å²) < 4.78 is 0. The van der Waals surface area contributed by atoms with Crippen LogP contribution in [0.3, 0.4) is 0 Å². The molecule has 1 atom stereocenters. The Morgan fingerprint density at radius 3 is 1.89 bits per heavy atom. The predicted molar refractivity (Wildman–Crippen MR) is 72.1 cm³/mol. The summed E-state index contributed by atoms with van der Waals surface area (Å²) in [7, 11) is 0. The van der Waals surface area contributed by atoms with Gasteiger partial charge in [-0.25, -0.2) is 0 Å². The lowest BCUT2D eigenvalue weighted by Crippen LogP contribution is -2.12. The van der Waals surface area contributed by atoms with E-state index in [1.807, 2.05) is 65.6 Å². The molecule has 0 radical (unpaired) electrons. The molecule has 2 aromatic rings. The number of para-hydroxylation sites is 1. The molecule has 1 aliphatic rings. The second-order valence-electron chi connectivity index (χ2n) is 4.51. The van der Waals surface area contributed by atoms with Crippen LogP contribution in [-0.4, -0.2) is 5.54 Å². The van der Waals surface area contributed by atoms with Crippen molar-refractivity contribution in [3.05, 3.63) is 66.2 Å². The van der Waals surface area contributed by atoms with Gasteiger partial charge in [-0.1, -0.05) is 48.5 Å². The van der Waals surface area contributed by atoms with Gasteiger partial charge in [0.1, 0.15) is 18.2 Å². The molecular weight excluding hydrogens is 234 g/mol. The Morgan fingerprint density at radius 1 is 0.842 bits per heavy atom. The van der Waals surface area contributed by atoms with Gasteiger partial charge in [0.25, 0.3) is 0 Å². The second-order valence-corrected chi connectivity index (χ2v) is 4.51. The van der Waals surface area contributed by atoms with Gasteiger partial charge in [0.15, 0.2) is 0 Å². The van der Waals surface area contributed by atoms with Crippen LogP contribution in [0.15, 0.2) is 60.7 Å². The van der Waals surface area contributed by atoms with Crippen LogP contribution in [0, 0.1) is 22.7 Å². The minimum Gasteiger partial charge on any atom is -0.328 e. The molecule has 3 heteroatoms. The summed E-state index contributed by atoms with van der Waals surface area (Å²) in [6.07, 6.45) is 0. The Bertz CT molecular complexity index is 603. The Hall–Kier alpha value is -2.78. The average molecular weight is 245 g/mol. The highest BCUT2D eigenvalue weighted by molar-refractivity contribution is 5.70. The molecule has 3 nitrogen and oxygen atoms in total. The van der Waals surface area contributed by atoms with Crippen LogP contribution in [0.4, 0.5) is 5.69 Å². The average Bonchev–Trinajstić information content (AvgIpc) is 3.18. The summed E-state index contributed by atoms with van der Waals surface area (Å²) in [5.41, 5.74) is 0.816. The maximum absolute atomic E-state index is 9.41. The Balaban J connectivity index is 2.06. The van der Waals surface area contributed by atoms with Gasteiger partial charge >= 0.3 is 0 Å². The normalized spacial score (nSPS) is 19.3. The molecular formula is C16H11N3. The summed E-state index contributed by atoms with van der Waals surface area (Å²) in [5.74, 6) is 0. The molecule has 2 aromatic carbocycles. The Morgan fingerprint density at radius 2 is 1.37 bits per heavy atom. The molecule has 0 aliphatic carbocycles. The fourth-order valence-corrected chi connectivity index (χ4v) is 2.51. The first kappa shape index (κ1) is 11.3. The number of nitriles is 2. The van der Waals surface area contributed by atoms with Crippen LogP contribution in [0.1, 0.15) is 11.6 Å². The first-order valence-corrected chi connectivity index (χ1v) is 6.05. The van der Waals surface area contributed by atoms with Gasteiger partial charge in [-0.15, -0.1) is 0 Å².